The van der Waals surface area contributed by atoms with Gasteiger partial charge in [0.15, 0.2) is 0 Å². The number of hydrogen-bond acceptors (Lipinski definition) is 6. The van der Waals surface area contributed by atoms with Crippen LogP contribution in [0.25, 0.3) is 17.4 Å². The number of furan rings is 1. The monoisotopic (exact) mass is 393 g/mol. The van der Waals surface area contributed by atoms with E-state index in [0.717, 1.165) is 14.7 Å². The summed E-state index contributed by atoms with van der Waals surface area (Å²) in [5.74, 6) is -1.58. The highest BCUT2D eigenvalue weighted by molar-refractivity contribution is 6.30. The highest BCUT2D eigenvalue weighted by Crippen LogP contribution is 2.30. The van der Waals surface area contributed by atoms with Crippen molar-refractivity contribution in [1.82, 2.24) is 14.7 Å². The van der Waals surface area contributed by atoms with Crippen LogP contribution in [-0.2, 0) is 9.59 Å². The zero-order valence-electron chi connectivity index (χ0n) is 15.8. The Labute approximate surface area is 164 Å². The number of carbonyl (C=O) groups is 5. The molecule has 0 saturated carbocycles. The van der Waals surface area contributed by atoms with Gasteiger partial charge in [-0.15, -0.1) is 0 Å². The first-order valence-corrected chi connectivity index (χ1v) is 8.59. The molecule has 6 amide bonds. The van der Waals surface area contributed by atoms with Crippen LogP contribution in [0.2, 0.25) is 0 Å². The minimum absolute atomic E-state index is 0.202. The third-order valence-electron chi connectivity index (χ3n) is 4.93. The van der Waals surface area contributed by atoms with E-state index < -0.39 is 23.8 Å². The molecular formula is C20H15N3O6. The lowest BCUT2D eigenvalue weighted by atomic mass is 10.0. The number of carbonyl (C=O) groups excluding carboxylic acids is 5. The Morgan fingerprint density at radius 2 is 1.34 bits per heavy atom. The number of rotatable bonds is 2. The second kappa shape index (κ2) is 6.26. The molecule has 3 heterocycles. The Balaban J connectivity index is 1.68. The summed E-state index contributed by atoms with van der Waals surface area (Å²) in [6.45, 7) is 0. The first kappa shape index (κ1) is 18.4. The average Bonchev–Trinajstić information content (AvgIpc) is 3.27. The van der Waals surface area contributed by atoms with E-state index in [1.165, 1.54) is 27.2 Å². The maximum absolute atomic E-state index is 12.3. The molecule has 1 aromatic carbocycles. The van der Waals surface area contributed by atoms with E-state index in [4.69, 9.17) is 4.42 Å². The molecule has 146 valence electrons. The molecular weight excluding hydrogens is 378 g/mol. The number of benzene rings is 1. The minimum Gasteiger partial charge on any atom is -0.457 e. The summed E-state index contributed by atoms with van der Waals surface area (Å²) in [7, 11) is 3.99. The van der Waals surface area contributed by atoms with Crippen molar-refractivity contribution in [2.45, 2.75) is 0 Å². The van der Waals surface area contributed by atoms with Gasteiger partial charge in [-0.25, -0.2) is 4.79 Å². The average molecular weight is 393 g/mol. The van der Waals surface area contributed by atoms with E-state index in [0.29, 0.717) is 16.9 Å². The van der Waals surface area contributed by atoms with Crippen molar-refractivity contribution in [3.63, 3.8) is 0 Å². The van der Waals surface area contributed by atoms with Gasteiger partial charge in [0, 0.05) is 26.7 Å². The summed E-state index contributed by atoms with van der Waals surface area (Å²) < 4.78 is 5.70. The molecule has 2 aliphatic rings. The second-order valence-electron chi connectivity index (χ2n) is 6.70. The number of hydrogen-bond donors (Lipinski definition) is 0. The summed E-state index contributed by atoms with van der Waals surface area (Å²) >= 11 is 0. The standard InChI is InChI=1S/C20H15N3O6/c1-21-16(24)12-6-4-10(8-13(12)17(21)25)15-7-5-11(29-15)9-14-18(26)22(2)20(28)23(3)19(14)27/h4-9H,1-3H3. The highest BCUT2D eigenvalue weighted by atomic mass is 16.3. The minimum atomic E-state index is -0.722. The molecule has 1 fully saturated rings. The summed E-state index contributed by atoms with van der Waals surface area (Å²) in [5.41, 5.74) is 0.970. The number of fused-ring (bicyclic) bond motifs is 1. The summed E-state index contributed by atoms with van der Waals surface area (Å²) in [5, 5.41) is 0. The lowest BCUT2D eigenvalue weighted by molar-refractivity contribution is -0.134. The zero-order valence-corrected chi connectivity index (χ0v) is 15.8. The summed E-state index contributed by atoms with van der Waals surface area (Å²) in [6, 6.07) is 7.24. The molecule has 2 aliphatic heterocycles. The number of nitrogens with zero attached hydrogens (tertiary/aromatic N) is 3. The predicted molar refractivity (Wildman–Crippen MR) is 99.5 cm³/mol. The summed E-state index contributed by atoms with van der Waals surface area (Å²) in [6.07, 6.45) is 1.27. The van der Waals surface area contributed by atoms with Gasteiger partial charge in [0.1, 0.15) is 17.1 Å². The van der Waals surface area contributed by atoms with Crippen LogP contribution >= 0.6 is 0 Å². The Hall–Kier alpha value is -4.01. The maximum atomic E-state index is 12.3. The maximum Gasteiger partial charge on any atom is 0.333 e. The highest BCUT2D eigenvalue weighted by Gasteiger charge is 2.38. The van der Waals surface area contributed by atoms with Crippen LogP contribution in [0.3, 0.4) is 0 Å². The third kappa shape index (κ3) is 2.66. The number of likely N-dealkylation sites (N-methyl/N-ethyl adjacent to an activating group) is 2. The van der Waals surface area contributed by atoms with Crippen molar-refractivity contribution >= 4 is 35.7 Å². The van der Waals surface area contributed by atoms with Crippen molar-refractivity contribution in [2.24, 2.45) is 0 Å². The Bertz CT molecular complexity index is 1130. The lowest BCUT2D eigenvalue weighted by Crippen LogP contribution is -2.52. The van der Waals surface area contributed by atoms with Crippen LogP contribution in [0.1, 0.15) is 26.5 Å². The fraction of sp³-hybridized carbons (Fsp3) is 0.150. The van der Waals surface area contributed by atoms with Crippen molar-refractivity contribution in [2.75, 3.05) is 21.1 Å². The zero-order chi connectivity index (χ0) is 21.0. The van der Waals surface area contributed by atoms with Crippen LogP contribution in [-0.4, -0.2) is 65.5 Å². The smallest absolute Gasteiger partial charge is 0.333 e. The molecule has 9 nitrogen and oxygen atoms in total. The fourth-order valence-electron chi connectivity index (χ4n) is 3.22. The largest absolute Gasteiger partial charge is 0.457 e. The van der Waals surface area contributed by atoms with E-state index in [-0.39, 0.29) is 22.8 Å². The molecule has 29 heavy (non-hydrogen) atoms. The molecule has 0 spiro atoms. The van der Waals surface area contributed by atoms with E-state index in [1.807, 2.05) is 0 Å². The summed E-state index contributed by atoms with van der Waals surface area (Å²) in [4.78, 5) is 63.2. The number of barbiturate groups is 1. The molecule has 0 N–H and O–H groups in total. The first-order valence-electron chi connectivity index (χ1n) is 8.59. The molecule has 4 rings (SSSR count). The molecule has 0 unspecified atom stereocenters. The van der Waals surface area contributed by atoms with Crippen LogP contribution in [0.4, 0.5) is 4.79 Å². The van der Waals surface area contributed by atoms with Gasteiger partial charge in [0.05, 0.1) is 11.1 Å². The normalized spacial score (nSPS) is 16.9. The lowest BCUT2D eigenvalue weighted by Gasteiger charge is -2.28. The van der Waals surface area contributed by atoms with Gasteiger partial charge in [-0.1, -0.05) is 6.07 Å². The van der Waals surface area contributed by atoms with Crippen LogP contribution in [0.5, 0.6) is 0 Å². The molecule has 0 radical (unpaired) electrons. The Morgan fingerprint density at radius 3 is 2.00 bits per heavy atom. The Kier molecular flexibility index (Phi) is 3.97. The predicted octanol–water partition coefficient (Wildman–Crippen LogP) is 1.61. The number of urea groups is 1. The van der Waals surface area contributed by atoms with Crippen LogP contribution < -0.4 is 0 Å². The van der Waals surface area contributed by atoms with E-state index in [2.05, 4.69) is 0 Å². The molecule has 0 bridgehead atoms. The van der Waals surface area contributed by atoms with Crippen LogP contribution in [0, 0.1) is 0 Å². The molecule has 0 aliphatic carbocycles. The molecule has 9 heteroatoms. The van der Waals surface area contributed by atoms with E-state index in [9.17, 15) is 24.0 Å². The molecule has 1 aromatic heterocycles. The van der Waals surface area contributed by atoms with Crippen molar-refractivity contribution < 1.29 is 28.4 Å². The van der Waals surface area contributed by atoms with Gasteiger partial charge in [-0.3, -0.25) is 33.9 Å². The van der Waals surface area contributed by atoms with Crippen molar-refractivity contribution in [1.29, 1.82) is 0 Å². The van der Waals surface area contributed by atoms with Crippen LogP contribution in [0.15, 0.2) is 40.3 Å². The number of imide groups is 3. The number of amides is 6. The second-order valence-corrected chi connectivity index (χ2v) is 6.70. The van der Waals surface area contributed by atoms with Gasteiger partial charge < -0.3 is 4.42 Å². The first-order chi connectivity index (χ1) is 13.7. The molecule has 2 aromatic rings. The van der Waals surface area contributed by atoms with Gasteiger partial charge in [0.2, 0.25) is 0 Å². The van der Waals surface area contributed by atoms with Gasteiger partial charge in [0.25, 0.3) is 23.6 Å². The fourth-order valence-corrected chi connectivity index (χ4v) is 3.22. The van der Waals surface area contributed by atoms with Crippen molar-refractivity contribution in [3.8, 4) is 11.3 Å². The van der Waals surface area contributed by atoms with Crippen molar-refractivity contribution in [3.05, 3.63) is 52.8 Å². The topological polar surface area (TPSA) is 108 Å². The van der Waals surface area contributed by atoms with E-state index >= 15 is 0 Å². The third-order valence-corrected chi connectivity index (χ3v) is 4.93. The molecule has 1 saturated heterocycles. The quantitative estimate of drug-likeness (QED) is 0.436. The van der Waals surface area contributed by atoms with E-state index in [1.54, 1.807) is 30.3 Å². The SMILES string of the molecule is CN1C(=O)c2ccc(-c3ccc(C=C4C(=O)N(C)C(=O)N(C)C4=O)o3)cc2C1=O. The van der Waals surface area contributed by atoms with Gasteiger partial charge in [-0.05, 0) is 30.3 Å². The van der Waals surface area contributed by atoms with Gasteiger partial charge >= 0.3 is 6.03 Å². The molecule has 0 atom stereocenters. The van der Waals surface area contributed by atoms with Gasteiger partial charge in [-0.2, -0.15) is 0 Å². The Morgan fingerprint density at radius 1 is 0.724 bits per heavy atom.